The number of carbonyl (C=O) groups is 1. The Labute approximate surface area is 209 Å². The van der Waals surface area contributed by atoms with E-state index in [0.717, 1.165) is 42.7 Å². The zero-order valence-corrected chi connectivity index (χ0v) is 21.0. The molecule has 3 aromatic rings. The Morgan fingerprint density at radius 3 is 2.66 bits per heavy atom. The molecular formula is C27H29ClN2O5. The first-order valence-corrected chi connectivity index (χ1v) is 12.3. The number of ether oxygens (including phenoxy) is 2. The molecule has 8 heteroatoms. The second-order valence-electron chi connectivity index (χ2n) is 9.80. The van der Waals surface area contributed by atoms with Crippen molar-refractivity contribution in [2.75, 3.05) is 37.7 Å². The highest BCUT2D eigenvalue weighted by molar-refractivity contribution is 6.30. The van der Waals surface area contributed by atoms with Gasteiger partial charge in [0.05, 0.1) is 5.39 Å². The van der Waals surface area contributed by atoms with Gasteiger partial charge in [0.15, 0.2) is 6.61 Å². The van der Waals surface area contributed by atoms with Crippen LogP contribution in [0.25, 0.3) is 11.0 Å². The van der Waals surface area contributed by atoms with E-state index in [2.05, 4.69) is 4.90 Å². The average Bonchev–Trinajstić information content (AvgIpc) is 2.81. The van der Waals surface area contributed by atoms with Crippen LogP contribution in [0, 0.1) is 6.92 Å². The van der Waals surface area contributed by atoms with Crippen LogP contribution in [0.2, 0.25) is 5.02 Å². The Morgan fingerprint density at radius 1 is 1.14 bits per heavy atom. The van der Waals surface area contributed by atoms with Crippen LogP contribution in [-0.2, 0) is 11.2 Å². The number of fused-ring (bicyclic) bond motifs is 3. The molecule has 0 atom stereocenters. The number of nitrogens with zero attached hydrogens (tertiary/aromatic N) is 2. The van der Waals surface area contributed by atoms with Gasteiger partial charge in [-0.25, -0.2) is 4.79 Å². The zero-order chi connectivity index (χ0) is 24.7. The van der Waals surface area contributed by atoms with Crippen molar-refractivity contribution in [3.05, 3.63) is 63.0 Å². The van der Waals surface area contributed by atoms with E-state index >= 15 is 0 Å². The van der Waals surface area contributed by atoms with Gasteiger partial charge in [0.25, 0.3) is 5.91 Å². The Hall–Kier alpha value is -3.19. The number of carbonyl (C=O) groups excluding carboxylic acids is 1. The fourth-order valence-electron chi connectivity index (χ4n) is 4.85. The number of hydrogen-bond acceptors (Lipinski definition) is 6. The molecule has 1 fully saturated rings. The molecule has 0 saturated carbocycles. The minimum atomic E-state index is -0.409. The van der Waals surface area contributed by atoms with Crippen LogP contribution in [0.15, 0.2) is 45.6 Å². The quantitative estimate of drug-likeness (QED) is 0.492. The van der Waals surface area contributed by atoms with Crippen LogP contribution in [0.4, 0.5) is 5.69 Å². The second kappa shape index (κ2) is 9.11. The molecule has 1 saturated heterocycles. The highest BCUT2D eigenvalue weighted by atomic mass is 35.5. The molecule has 0 N–H and O–H groups in total. The van der Waals surface area contributed by atoms with E-state index in [9.17, 15) is 9.59 Å². The molecule has 0 spiro atoms. The van der Waals surface area contributed by atoms with Crippen molar-refractivity contribution in [1.82, 2.24) is 4.90 Å². The van der Waals surface area contributed by atoms with Gasteiger partial charge < -0.3 is 23.7 Å². The van der Waals surface area contributed by atoms with Gasteiger partial charge in [-0.15, -0.1) is 0 Å². The van der Waals surface area contributed by atoms with E-state index in [0.29, 0.717) is 40.6 Å². The van der Waals surface area contributed by atoms with Crippen LogP contribution in [0.3, 0.4) is 0 Å². The summed E-state index contributed by atoms with van der Waals surface area (Å²) in [7, 11) is 0. The topological polar surface area (TPSA) is 72.2 Å². The van der Waals surface area contributed by atoms with E-state index < -0.39 is 5.63 Å². The highest BCUT2D eigenvalue weighted by Crippen LogP contribution is 2.42. The molecule has 0 aliphatic carbocycles. The van der Waals surface area contributed by atoms with Crippen molar-refractivity contribution in [3.63, 3.8) is 0 Å². The molecular weight excluding hydrogens is 468 g/mol. The number of halogens is 1. The average molecular weight is 497 g/mol. The van der Waals surface area contributed by atoms with Gasteiger partial charge in [-0.1, -0.05) is 17.7 Å². The third-order valence-corrected chi connectivity index (χ3v) is 6.99. The predicted molar refractivity (Wildman–Crippen MR) is 136 cm³/mol. The van der Waals surface area contributed by atoms with Crippen molar-refractivity contribution >= 4 is 34.2 Å². The highest BCUT2D eigenvalue weighted by Gasteiger charge is 2.31. The van der Waals surface area contributed by atoms with Gasteiger partial charge >= 0.3 is 5.63 Å². The molecule has 7 nitrogen and oxygen atoms in total. The Kier molecular flexibility index (Phi) is 6.13. The van der Waals surface area contributed by atoms with E-state index in [4.69, 9.17) is 25.5 Å². The molecule has 2 aromatic carbocycles. The third kappa shape index (κ3) is 4.82. The molecule has 1 aromatic heterocycles. The summed E-state index contributed by atoms with van der Waals surface area (Å²) in [5, 5.41) is 1.41. The number of hydrogen-bond donors (Lipinski definition) is 0. The monoisotopic (exact) mass is 496 g/mol. The van der Waals surface area contributed by atoms with Gasteiger partial charge in [-0.05, 0) is 57.4 Å². The summed E-state index contributed by atoms with van der Waals surface area (Å²) in [6.07, 6.45) is 1.55. The van der Waals surface area contributed by atoms with Crippen molar-refractivity contribution in [2.24, 2.45) is 0 Å². The first-order chi connectivity index (χ1) is 16.7. The smallest absolute Gasteiger partial charge is 0.336 e. The number of piperazine rings is 1. The first-order valence-electron chi connectivity index (χ1n) is 11.9. The molecule has 2 aliphatic heterocycles. The fourth-order valence-corrected chi connectivity index (χ4v) is 5.04. The lowest BCUT2D eigenvalue weighted by Crippen LogP contribution is -2.50. The van der Waals surface area contributed by atoms with Crippen LogP contribution in [0.1, 0.15) is 31.4 Å². The lowest BCUT2D eigenvalue weighted by atomic mass is 9.92. The number of anilines is 1. The summed E-state index contributed by atoms with van der Waals surface area (Å²) < 4.78 is 17.8. The summed E-state index contributed by atoms with van der Waals surface area (Å²) in [5.74, 6) is 1.04. The minimum Gasteiger partial charge on any atom is -0.487 e. The molecule has 3 heterocycles. The SMILES string of the molecule is Cc1cc(=O)oc2c3c(cc(OCC(=O)N4CCN(c5cccc(Cl)c5)CC4)c12)OC(C)(C)CC3. The van der Waals surface area contributed by atoms with Crippen LogP contribution >= 0.6 is 11.6 Å². The standard InChI is InChI=1S/C27H29ClN2O5/c1-17-13-24(32)34-26-20-7-8-27(2,3)35-21(20)15-22(25(17)26)33-16-23(31)30-11-9-29(10-12-30)19-6-4-5-18(28)14-19/h4-6,13-15H,7-12,16H2,1-3H3. The number of amides is 1. The van der Waals surface area contributed by atoms with E-state index in [1.165, 1.54) is 6.07 Å². The predicted octanol–water partition coefficient (Wildman–Crippen LogP) is 4.59. The largest absolute Gasteiger partial charge is 0.487 e. The maximum atomic E-state index is 13.0. The normalized spacial score (nSPS) is 17.1. The molecule has 0 unspecified atom stereocenters. The summed E-state index contributed by atoms with van der Waals surface area (Å²) in [6.45, 7) is 8.45. The van der Waals surface area contributed by atoms with Crippen LogP contribution in [-0.4, -0.2) is 49.2 Å². The molecule has 35 heavy (non-hydrogen) atoms. The van der Waals surface area contributed by atoms with E-state index in [1.807, 2.05) is 56.0 Å². The summed E-state index contributed by atoms with van der Waals surface area (Å²) >= 11 is 6.12. The van der Waals surface area contributed by atoms with E-state index in [1.54, 1.807) is 0 Å². The molecule has 2 aliphatic rings. The number of rotatable bonds is 4. The summed E-state index contributed by atoms with van der Waals surface area (Å²) in [6, 6.07) is 11.0. The van der Waals surface area contributed by atoms with Crippen molar-refractivity contribution in [3.8, 4) is 11.5 Å². The summed E-state index contributed by atoms with van der Waals surface area (Å²) in [4.78, 5) is 29.2. The van der Waals surface area contributed by atoms with Crippen LogP contribution in [0.5, 0.6) is 11.5 Å². The Balaban J connectivity index is 1.33. The summed E-state index contributed by atoms with van der Waals surface area (Å²) in [5.41, 5.74) is 2.42. The minimum absolute atomic E-state index is 0.0853. The zero-order valence-electron chi connectivity index (χ0n) is 20.2. The lowest BCUT2D eigenvalue weighted by Gasteiger charge is -2.36. The lowest BCUT2D eigenvalue weighted by molar-refractivity contribution is -0.133. The fraction of sp³-hybridized carbons (Fsp3) is 0.407. The van der Waals surface area contributed by atoms with Crippen molar-refractivity contribution in [2.45, 2.75) is 39.2 Å². The molecule has 5 rings (SSSR count). The molecule has 184 valence electrons. The molecule has 0 bridgehead atoms. The number of aryl methyl sites for hydroxylation is 2. The van der Waals surface area contributed by atoms with Gasteiger partial charge in [0, 0.05) is 54.6 Å². The Morgan fingerprint density at radius 2 is 1.91 bits per heavy atom. The first kappa shape index (κ1) is 23.5. The van der Waals surface area contributed by atoms with Crippen molar-refractivity contribution < 1.29 is 18.7 Å². The van der Waals surface area contributed by atoms with E-state index in [-0.39, 0.29) is 18.1 Å². The maximum Gasteiger partial charge on any atom is 0.336 e. The second-order valence-corrected chi connectivity index (χ2v) is 10.2. The maximum absolute atomic E-state index is 13.0. The van der Waals surface area contributed by atoms with Crippen molar-refractivity contribution in [1.29, 1.82) is 0 Å². The van der Waals surface area contributed by atoms with Gasteiger partial charge in [-0.2, -0.15) is 0 Å². The Bertz CT molecular complexity index is 1340. The van der Waals surface area contributed by atoms with Gasteiger partial charge in [0.1, 0.15) is 22.7 Å². The van der Waals surface area contributed by atoms with Gasteiger partial charge in [-0.3, -0.25) is 4.79 Å². The van der Waals surface area contributed by atoms with Gasteiger partial charge in [0.2, 0.25) is 0 Å². The molecule has 0 radical (unpaired) electrons. The molecule has 1 amide bonds. The van der Waals surface area contributed by atoms with Crippen LogP contribution < -0.4 is 20.0 Å². The number of benzene rings is 2. The third-order valence-electron chi connectivity index (χ3n) is 6.76.